The Labute approximate surface area is 112 Å². The third kappa shape index (κ3) is 4.09. The number of rotatable bonds is 7. The van der Waals surface area contributed by atoms with Gasteiger partial charge in [-0.05, 0) is 19.3 Å². The number of unbranched alkanes of at least 4 members (excludes halogenated alkanes) is 1. The second kappa shape index (κ2) is 7.49. The fraction of sp³-hybridized carbons (Fsp3) is 1.00. The summed E-state index contributed by atoms with van der Waals surface area (Å²) in [5.74, 6) is 0. The van der Waals surface area contributed by atoms with Crippen molar-refractivity contribution < 1.29 is 35.4 Å². The number of hydrogen-bond acceptors (Lipinski definition) is 7. The molecule has 0 aromatic rings. The Morgan fingerprint density at radius 1 is 1.21 bits per heavy atom. The highest BCUT2D eigenvalue weighted by molar-refractivity contribution is 5.01. The summed E-state index contributed by atoms with van der Waals surface area (Å²) in [6.45, 7) is -0.651. The molecular formula is C12H24O7. The molecule has 1 heterocycles. The van der Waals surface area contributed by atoms with Crippen molar-refractivity contribution in [3.63, 3.8) is 0 Å². The molecule has 19 heavy (non-hydrogen) atoms. The summed E-state index contributed by atoms with van der Waals surface area (Å²) in [4.78, 5) is 0. The lowest BCUT2D eigenvalue weighted by Gasteiger charge is -2.45. The van der Waals surface area contributed by atoms with E-state index in [4.69, 9.17) is 14.9 Å². The van der Waals surface area contributed by atoms with E-state index in [2.05, 4.69) is 0 Å². The van der Waals surface area contributed by atoms with Crippen LogP contribution in [0.1, 0.15) is 25.7 Å². The van der Waals surface area contributed by atoms with Crippen molar-refractivity contribution >= 4 is 0 Å². The molecule has 0 aromatic carbocycles. The molecule has 114 valence electrons. The fourth-order valence-corrected chi connectivity index (χ4v) is 2.35. The van der Waals surface area contributed by atoms with E-state index in [1.54, 1.807) is 0 Å². The van der Waals surface area contributed by atoms with E-state index in [-0.39, 0.29) is 19.6 Å². The number of aliphatic hydroxyl groups excluding tert-OH is 5. The smallest absolute Gasteiger partial charge is 0.124 e. The van der Waals surface area contributed by atoms with Crippen molar-refractivity contribution in [3.8, 4) is 0 Å². The summed E-state index contributed by atoms with van der Waals surface area (Å²) in [6, 6.07) is 0. The lowest BCUT2D eigenvalue weighted by Crippen LogP contribution is -2.64. The Morgan fingerprint density at radius 2 is 1.89 bits per heavy atom. The van der Waals surface area contributed by atoms with E-state index >= 15 is 0 Å². The van der Waals surface area contributed by atoms with Gasteiger partial charge in [-0.3, -0.25) is 0 Å². The molecular weight excluding hydrogens is 256 g/mol. The summed E-state index contributed by atoms with van der Waals surface area (Å²) in [5.41, 5.74) is -1.90. The van der Waals surface area contributed by atoms with Gasteiger partial charge in [0.15, 0.2) is 0 Å². The van der Waals surface area contributed by atoms with E-state index in [9.17, 15) is 20.4 Å². The van der Waals surface area contributed by atoms with E-state index in [1.807, 2.05) is 0 Å². The summed E-state index contributed by atoms with van der Waals surface area (Å²) in [7, 11) is 0. The number of ether oxygens (including phenoxy) is 1. The lowest BCUT2D eigenvalue weighted by molar-refractivity contribution is -0.255. The SMILES string of the molecule is OCCCCC(O)C[C@]1(O)[C@@H](O)CO[C@H](CO)[C@@H]1O. The van der Waals surface area contributed by atoms with E-state index in [1.165, 1.54) is 0 Å². The van der Waals surface area contributed by atoms with Crippen molar-refractivity contribution in [3.05, 3.63) is 0 Å². The molecule has 1 saturated heterocycles. The standard InChI is InChI=1S/C12H24O7/c13-4-2-1-3-8(15)5-12(18)10(16)7-19-9(6-14)11(12)17/h8-11,13-18H,1-7H2/t8?,9-,10+,11+,12+/m1/s1. The molecule has 0 saturated carbocycles. The van der Waals surface area contributed by atoms with Gasteiger partial charge in [0, 0.05) is 13.0 Å². The quantitative estimate of drug-likeness (QED) is 0.290. The molecule has 0 spiro atoms. The predicted molar refractivity (Wildman–Crippen MR) is 65.3 cm³/mol. The van der Waals surface area contributed by atoms with Crippen LogP contribution in [0.3, 0.4) is 0 Å². The van der Waals surface area contributed by atoms with Gasteiger partial charge in [-0.2, -0.15) is 0 Å². The fourth-order valence-electron chi connectivity index (χ4n) is 2.35. The highest BCUT2D eigenvalue weighted by Gasteiger charge is 2.51. The first-order valence-electron chi connectivity index (χ1n) is 6.55. The van der Waals surface area contributed by atoms with Crippen LogP contribution in [0.4, 0.5) is 0 Å². The molecule has 1 unspecified atom stereocenters. The van der Waals surface area contributed by atoms with Gasteiger partial charge in [0.25, 0.3) is 0 Å². The topological polar surface area (TPSA) is 131 Å². The average Bonchev–Trinajstić information content (AvgIpc) is 2.37. The van der Waals surface area contributed by atoms with Crippen molar-refractivity contribution in [2.75, 3.05) is 19.8 Å². The number of hydrogen-bond donors (Lipinski definition) is 6. The average molecular weight is 280 g/mol. The third-order valence-electron chi connectivity index (χ3n) is 3.60. The van der Waals surface area contributed by atoms with Crippen LogP contribution >= 0.6 is 0 Å². The van der Waals surface area contributed by atoms with Gasteiger partial charge < -0.3 is 35.4 Å². The second-order valence-corrected chi connectivity index (χ2v) is 5.08. The van der Waals surface area contributed by atoms with E-state index < -0.39 is 36.6 Å². The van der Waals surface area contributed by atoms with Crippen molar-refractivity contribution in [1.82, 2.24) is 0 Å². The summed E-state index contributed by atoms with van der Waals surface area (Å²) in [5, 5.41) is 57.5. The monoisotopic (exact) mass is 280 g/mol. The third-order valence-corrected chi connectivity index (χ3v) is 3.60. The molecule has 0 aromatic heterocycles. The van der Waals surface area contributed by atoms with Crippen LogP contribution in [0.2, 0.25) is 0 Å². The molecule has 7 heteroatoms. The zero-order valence-electron chi connectivity index (χ0n) is 10.9. The van der Waals surface area contributed by atoms with Crippen LogP contribution in [-0.4, -0.2) is 80.5 Å². The molecule has 0 radical (unpaired) electrons. The van der Waals surface area contributed by atoms with Gasteiger partial charge in [0.2, 0.25) is 0 Å². The van der Waals surface area contributed by atoms with Gasteiger partial charge in [-0.1, -0.05) is 0 Å². The van der Waals surface area contributed by atoms with E-state index in [0.717, 1.165) is 0 Å². The highest BCUT2D eigenvalue weighted by Crippen LogP contribution is 2.31. The van der Waals surface area contributed by atoms with Crippen LogP contribution in [-0.2, 0) is 4.74 Å². The molecule has 0 bridgehead atoms. The highest BCUT2D eigenvalue weighted by atomic mass is 16.5. The molecule has 1 aliphatic rings. The zero-order valence-corrected chi connectivity index (χ0v) is 10.9. The van der Waals surface area contributed by atoms with Crippen molar-refractivity contribution in [2.45, 2.75) is 55.7 Å². The summed E-state index contributed by atoms with van der Waals surface area (Å²) >= 11 is 0. The molecule has 5 atom stereocenters. The first-order chi connectivity index (χ1) is 8.95. The van der Waals surface area contributed by atoms with Gasteiger partial charge in [-0.15, -0.1) is 0 Å². The van der Waals surface area contributed by atoms with Crippen molar-refractivity contribution in [1.29, 1.82) is 0 Å². The second-order valence-electron chi connectivity index (χ2n) is 5.08. The van der Waals surface area contributed by atoms with Crippen LogP contribution in [0.25, 0.3) is 0 Å². The minimum atomic E-state index is -1.90. The molecule has 1 rings (SSSR count). The Hall–Kier alpha value is -0.280. The molecule has 0 aliphatic carbocycles. The largest absolute Gasteiger partial charge is 0.396 e. The van der Waals surface area contributed by atoms with Crippen LogP contribution in [0, 0.1) is 0 Å². The molecule has 1 aliphatic heterocycles. The van der Waals surface area contributed by atoms with Crippen LogP contribution in [0.5, 0.6) is 0 Å². The van der Waals surface area contributed by atoms with Crippen molar-refractivity contribution in [2.24, 2.45) is 0 Å². The Morgan fingerprint density at radius 3 is 2.47 bits per heavy atom. The molecule has 0 amide bonds. The Bertz CT molecular complexity index is 262. The van der Waals surface area contributed by atoms with Gasteiger partial charge in [-0.25, -0.2) is 0 Å². The van der Waals surface area contributed by atoms with E-state index in [0.29, 0.717) is 19.3 Å². The molecule has 7 nitrogen and oxygen atoms in total. The molecule has 6 N–H and O–H groups in total. The maximum absolute atomic E-state index is 10.3. The normalized spacial score (nSPS) is 37.3. The first-order valence-corrected chi connectivity index (χ1v) is 6.55. The molecule has 1 fully saturated rings. The maximum atomic E-state index is 10.3. The summed E-state index contributed by atoms with van der Waals surface area (Å²) < 4.78 is 5.00. The zero-order chi connectivity index (χ0) is 14.5. The van der Waals surface area contributed by atoms with Crippen LogP contribution < -0.4 is 0 Å². The van der Waals surface area contributed by atoms with Gasteiger partial charge >= 0.3 is 0 Å². The first kappa shape index (κ1) is 16.8. The minimum Gasteiger partial charge on any atom is -0.396 e. The lowest BCUT2D eigenvalue weighted by atomic mass is 9.80. The number of aliphatic hydroxyl groups is 6. The van der Waals surface area contributed by atoms with Crippen LogP contribution in [0.15, 0.2) is 0 Å². The minimum absolute atomic E-state index is 0.0304. The maximum Gasteiger partial charge on any atom is 0.124 e. The van der Waals surface area contributed by atoms with Gasteiger partial charge in [0.1, 0.15) is 23.9 Å². The Kier molecular flexibility index (Phi) is 6.61. The predicted octanol–water partition coefficient (Wildman–Crippen LogP) is -2.26. The Balaban J connectivity index is 2.59. The van der Waals surface area contributed by atoms with Gasteiger partial charge in [0.05, 0.1) is 19.3 Å². The summed E-state index contributed by atoms with van der Waals surface area (Å²) in [6.07, 6.45) is -3.39.